The first-order valence-corrected chi connectivity index (χ1v) is 9.40. The molecule has 1 saturated carbocycles. The highest BCUT2D eigenvalue weighted by molar-refractivity contribution is 5.97. The minimum atomic E-state index is -0.796. The monoisotopic (exact) mass is 393 g/mol. The maximum atomic E-state index is 12.4. The maximum Gasteiger partial charge on any atom is 0.341 e. The fraction of sp³-hybridized carbons (Fsp3) is 0.579. The zero-order valence-electron chi connectivity index (χ0n) is 16.2. The largest absolute Gasteiger partial charge is 0.452 e. The van der Waals surface area contributed by atoms with Crippen LogP contribution in [0.2, 0.25) is 0 Å². The lowest BCUT2D eigenvalue weighted by Gasteiger charge is -2.29. The van der Waals surface area contributed by atoms with Gasteiger partial charge in [0.1, 0.15) is 0 Å². The maximum absolute atomic E-state index is 12.4. The van der Waals surface area contributed by atoms with E-state index in [0.29, 0.717) is 24.8 Å². The lowest BCUT2D eigenvalue weighted by atomic mass is 9.86. The van der Waals surface area contributed by atoms with Gasteiger partial charge in [-0.05, 0) is 24.8 Å². The molecule has 2 N–H and O–H groups in total. The number of hydrogen-bond acceptors (Lipinski definition) is 7. The summed E-state index contributed by atoms with van der Waals surface area (Å²) in [5.41, 5.74) is 0.155. The van der Waals surface area contributed by atoms with Crippen LogP contribution >= 0.6 is 0 Å². The molecular formula is C19H27N3O6. The summed E-state index contributed by atoms with van der Waals surface area (Å²) in [6.45, 7) is 2.47. The topological polar surface area (TPSA) is 120 Å². The molecule has 2 rings (SSSR count). The number of benzene rings is 1. The Morgan fingerprint density at radius 2 is 2.04 bits per heavy atom. The second-order valence-electron chi connectivity index (χ2n) is 6.92. The number of nitrogens with one attached hydrogen (secondary N) is 2. The van der Waals surface area contributed by atoms with Gasteiger partial charge < -0.3 is 20.1 Å². The molecule has 9 heteroatoms. The van der Waals surface area contributed by atoms with E-state index in [0.717, 1.165) is 31.7 Å². The SMILES string of the molecule is COCCNc1ccc([N+](=O)[O-])cc1C(=O)OCC(=O)N[C@H]1CCCC[C@@H]1C. The van der Waals surface area contributed by atoms with E-state index in [1.54, 1.807) is 7.11 Å². The second-order valence-corrected chi connectivity index (χ2v) is 6.92. The van der Waals surface area contributed by atoms with Crippen LogP contribution in [0.15, 0.2) is 18.2 Å². The molecule has 0 aromatic heterocycles. The van der Waals surface area contributed by atoms with Gasteiger partial charge in [-0.1, -0.05) is 19.8 Å². The van der Waals surface area contributed by atoms with Crippen molar-refractivity contribution in [2.24, 2.45) is 5.92 Å². The average molecular weight is 393 g/mol. The predicted molar refractivity (Wildman–Crippen MR) is 103 cm³/mol. The highest BCUT2D eigenvalue weighted by atomic mass is 16.6. The Balaban J connectivity index is 1.99. The minimum absolute atomic E-state index is 0.00383. The van der Waals surface area contributed by atoms with Crippen LogP contribution in [0.3, 0.4) is 0 Å². The lowest BCUT2D eigenvalue weighted by Crippen LogP contribution is -2.42. The van der Waals surface area contributed by atoms with Crippen molar-refractivity contribution in [1.29, 1.82) is 0 Å². The van der Waals surface area contributed by atoms with Crippen molar-refractivity contribution in [2.75, 3.05) is 32.2 Å². The molecule has 9 nitrogen and oxygen atoms in total. The van der Waals surface area contributed by atoms with E-state index < -0.39 is 17.5 Å². The summed E-state index contributed by atoms with van der Waals surface area (Å²) in [4.78, 5) is 35.0. The minimum Gasteiger partial charge on any atom is -0.452 e. The van der Waals surface area contributed by atoms with Gasteiger partial charge in [0.05, 0.1) is 17.1 Å². The number of non-ortho nitro benzene ring substituents is 1. The molecule has 0 unspecified atom stereocenters. The van der Waals surface area contributed by atoms with Gasteiger partial charge in [0.25, 0.3) is 11.6 Å². The van der Waals surface area contributed by atoms with E-state index in [4.69, 9.17) is 9.47 Å². The van der Waals surface area contributed by atoms with Gasteiger partial charge in [0.2, 0.25) is 0 Å². The van der Waals surface area contributed by atoms with Crippen LogP contribution in [0.4, 0.5) is 11.4 Å². The summed E-state index contributed by atoms with van der Waals surface area (Å²) in [6, 6.07) is 3.96. The van der Waals surface area contributed by atoms with Gasteiger partial charge in [-0.3, -0.25) is 14.9 Å². The first-order valence-electron chi connectivity index (χ1n) is 9.40. The molecule has 0 aliphatic heterocycles. The van der Waals surface area contributed by atoms with E-state index in [-0.39, 0.29) is 23.2 Å². The highest BCUT2D eigenvalue weighted by Gasteiger charge is 2.24. The number of esters is 1. The number of carbonyl (C=O) groups is 2. The summed E-state index contributed by atoms with van der Waals surface area (Å²) < 4.78 is 10.0. The molecule has 0 bridgehead atoms. The van der Waals surface area contributed by atoms with Crippen LogP contribution in [0.5, 0.6) is 0 Å². The van der Waals surface area contributed by atoms with Gasteiger partial charge in [-0.15, -0.1) is 0 Å². The van der Waals surface area contributed by atoms with Crippen molar-refractivity contribution < 1.29 is 24.0 Å². The number of nitro benzene ring substituents is 1. The Bertz CT molecular complexity index is 709. The molecule has 1 amide bonds. The van der Waals surface area contributed by atoms with Crippen LogP contribution in [-0.4, -0.2) is 49.7 Å². The third-order valence-electron chi connectivity index (χ3n) is 4.85. The molecule has 0 heterocycles. The zero-order chi connectivity index (χ0) is 20.5. The molecule has 1 fully saturated rings. The molecule has 28 heavy (non-hydrogen) atoms. The van der Waals surface area contributed by atoms with Gasteiger partial charge in [0, 0.05) is 37.5 Å². The van der Waals surface area contributed by atoms with Crippen molar-refractivity contribution in [3.05, 3.63) is 33.9 Å². The fourth-order valence-corrected chi connectivity index (χ4v) is 3.24. The van der Waals surface area contributed by atoms with Gasteiger partial charge in [-0.2, -0.15) is 0 Å². The Morgan fingerprint density at radius 1 is 1.29 bits per heavy atom. The van der Waals surface area contributed by atoms with Crippen molar-refractivity contribution in [2.45, 2.75) is 38.6 Å². The summed E-state index contributed by atoms with van der Waals surface area (Å²) in [5, 5.41) is 16.9. The normalized spacial score (nSPS) is 18.9. The molecule has 1 aromatic rings. The number of anilines is 1. The quantitative estimate of drug-likeness (QED) is 0.286. The van der Waals surface area contributed by atoms with Crippen molar-refractivity contribution in [3.8, 4) is 0 Å². The van der Waals surface area contributed by atoms with Crippen LogP contribution < -0.4 is 10.6 Å². The summed E-state index contributed by atoms with van der Waals surface area (Å²) in [5.74, 6) is -0.774. The molecule has 1 aromatic carbocycles. The van der Waals surface area contributed by atoms with E-state index in [9.17, 15) is 19.7 Å². The Hall–Kier alpha value is -2.68. The first kappa shape index (κ1) is 21.6. The molecule has 1 aliphatic carbocycles. The number of hydrogen-bond donors (Lipinski definition) is 2. The molecule has 154 valence electrons. The fourth-order valence-electron chi connectivity index (χ4n) is 3.24. The molecule has 2 atom stereocenters. The Labute approximate surface area is 163 Å². The lowest BCUT2D eigenvalue weighted by molar-refractivity contribution is -0.384. The number of methoxy groups -OCH3 is 1. The van der Waals surface area contributed by atoms with Crippen LogP contribution in [0, 0.1) is 16.0 Å². The smallest absolute Gasteiger partial charge is 0.341 e. The predicted octanol–water partition coefficient (Wildman–Crippen LogP) is 2.50. The Morgan fingerprint density at radius 3 is 2.71 bits per heavy atom. The zero-order valence-corrected chi connectivity index (χ0v) is 16.2. The number of nitrogens with zero attached hydrogens (tertiary/aromatic N) is 1. The van der Waals surface area contributed by atoms with E-state index in [2.05, 4.69) is 17.6 Å². The third kappa shape index (κ3) is 6.19. The van der Waals surface area contributed by atoms with E-state index >= 15 is 0 Å². The second kappa shape index (κ2) is 10.6. The number of carbonyl (C=O) groups excluding carboxylic acids is 2. The molecule has 0 saturated heterocycles. The Kier molecular flexibility index (Phi) is 8.19. The molecule has 0 radical (unpaired) electrons. The summed E-state index contributed by atoms with van der Waals surface area (Å²) in [7, 11) is 1.54. The third-order valence-corrected chi connectivity index (χ3v) is 4.85. The van der Waals surface area contributed by atoms with Crippen LogP contribution in [0.1, 0.15) is 43.0 Å². The highest BCUT2D eigenvalue weighted by Crippen LogP contribution is 2.24. The number of amides is 1. The average Bonchev–Trinajstić information content (AvgIpc) is 2.68. The van der Waals surface area contributed by atoms with E-state index in [1.165, 1.54) is 12.1 Å². The van der Waals surface area contributed by atoms with Gasteiger partial charge >= 0.3 is 5.97 Å². The van der Waals surface area contributed by atoms with Gasteiger partial charge in [0.15, 0.2) is 6.61 Å². The standard InChI is InChI=1S/C19H27N3O6/c1-13-5-3-4-6-16(13)21-18(23)12-28-19(24)15-11-14(22(25)26)7-8-17(15)20-9-10-27-2/h7-8,11,13,16,20H,3-6,9-10,12H2,1-2H3,(H,21,23)/t13-,16-/m0/s1. The van der Waals surface area contributed by atoms with Crippen molar-refractivity contribution in [1.82, 2.24) is 5.32 Å². The van der Waals surface area contributed by atoms with Crippen LogP contribution in [-0.2, 0) is 14.3 Å². The number of rotatable bonds is 9. The number of nitro groups is 1. The molecule has 1 aliphatic rings. The first-order chi connectivity index (χ1) is 13.4. The summed E-state index contributed by atoms with van der Waals surface area (Å²) in [6.07, 6.45) is 4.21. The van der Waals surface area contributed by atoms with Crippen LogP contribution in [0.25, 0.3) is 0 Å². The number of ether oxygens (including phenoxy) is 2. The van der Waals surface area contributed by atoms with Gasteiger partial charge in [-0.25, -0.2) is 4.79 Å². The van der Waals surface area contributed by atoms with Crippen molar-refractivity contribution in [3.63, 3.8) is 0 Å². The molecule has 0 spiro atoms. The molecular weight excluding hydrogens is 366 g/mol. The van der Waals surface area contributed by atoms with Crippen molar-refractivity contribution >= 4 is 23.3 Å². The van der Waals surface area contributed by atoms with E-state index in [1.807, 2.05) is 0 Å². The summed E-state index contributed by atoms with van der Waals surface area (Å²) >= 11 is 0.